The molecule has 1 heterocycles. The Morgan fingerprint density at radius 3 is 2.40 bits per heavy atom. The summed E-state index contributed by atoms with van der Waals surface area (Å²) in [5.41, 5.74) is 2.48. The Labute approximate surface area is 127 Å². The van der Waals surface area contributed by atoms with Crippen LogP contribution in [0.2, 0.25) is 0 Å². The predicted molar refractivity (Wildman–Crippen MR) is 87.9 cm³/mol. The fraction of sp³-hybridized carbons (Fsp3) is 0.500. The minimum absolute atomic E-state index is 0. The van der Waals surface area contributed by atoms with E-state index < -0.39 is 0 Å². The molecule has 2 aromatic rings. The normalized spacial score (nSPS) is 12.8. The third-order valence-electron chi connectivity index (χ3n) is 3.44. The van der Waals surface area contributed by atoms with Crippen LogP contribution in [0.5, 0.6) is 5.75 Å². The number of hydrogen-bond acceptors (Lipinski definition) is 2. The highest BCUT2D eigenvalue weighted by Crippen LogP contribution is 2.31. The van der Waals surface area contributed by atoms with E-state index in [9.17, 15) is 0 Å². The number of nitrogens with one attached hydrogen (secondary N) is 2. The topological polar surface area (TPSA) is 37.0 Å². The van der Waals surface area contributed by atoms with E-state index in [2.05, 4.69) is 56.3 Å². The Hall–Kier alpha value is -1.19. The molecule has 112 valence electrons. The van der Waals surface area contributed by atoms with E-state index in [0.717, 1.165) is 11.3 Å². The summed E-state index contributed by atoms with van der Waals surface area (Å²) in [7, 11) is 1.71. The van der Waals surface area contributed by atoms with Crippen LogP contribution in [-0.2, 0) is 0 Å². The van der Waals surface area contributed by atoms with Crippen LogP contribution in [0.1, 0.15) is 39.3 Å². The SMILES string of the molecule is COc1ccc2[nH]cc(C(NC(C)C)C(C)C)c2c1.Cl. The predicted octanol–water partition coefficient (Wildman–Crippen LogP) is 4.29. The molecule has 0 aliphatic rings. The molecule has 0 bridgehead atoms. The third-order valence-corrected chi connectivity index (χ3v) is 3.44. The van der Waals surface area contributed by atoms with E-state index in [4.69, 9.17) is 4.74 Å². The molecule has 2 rings (SSSR count). The highest BCUT2D eigenvalue weighted by molar-refractivity contribution is 5.85. The summed E-state index contributed by atoms with van der Waals surface area (Å²) in [6.07, 6.45) is 2.12. The van der Waals surface area contributed by atoms with Crippen LogP contribution in [0.15, 0.2) is 24.4 Å². The highest BCUT2D eigenvalue weighted by Gasteiger charge is 2.20. The lowest BCUT2D eigenvalue weighted by Gasteiger charge is -2.24. The van der Waals surface area contributed by atoms with Crippen LogP contribution in [-0.4, -0.2) is 18.1 Å². The van der Waals surface area contributed by atoms with Gasteiger partial charge < -0.3 is 15.0 Å². The van der Waals surface area contributed by atoms with Gasteiger partial charge in [-0.2, -0.15) is 0 Å². The number of halogens is 1. The molecule has 0 saturated carbocycles. The minimum Gasteiger partial charge on any atom is -0.497 e. The largest absolute Gasteiger partial charge is 0.497 e. The maximum Gasteiger partial charge on any atom is 0.119 e. The molecular formula is C16H25ClN2O. The first-order valence-electron chi connectivity index (χ1n) is 6.94. The fourth-order valence-corrected chi connectivity index (χ4v) is 2.51. The van der Waals surface area contributed by atoms with Gasteiger partial charge >= 0.3 is 0 Å². The quantitative estimate of drug-likeness (QED) is 0.863. The number of benzene rings is 1. The van der Waals surface area contributed by atoms with Gasteiger partial charge in [0.1, 0.15) is 5.75 Å². The number of aromatic amines is 1. The molecule has 4 heteroatoms. The Kier molecular flexibility index (Phi) is 5.90. The van der Waals surface area contributed by atoms with Gasteiger partial charge in [0.2, 0.25) is 0 Å². The van der Waals surface area contributed by atoms with Crippen LogP contribution in [0.3, 0.4) is 0 Å². The molecular weight excluding hydrogens is 272 g/mol. The standard InChI is InChI=1S/C16H24N2O.ClH/c1-10(2)16(18-11(3)4)14-9-17-15-7-6-12(19-5)8-13(14)15;/h6-11,16-18H,1-5H3;1H. The van der Waals surface area contributed by atoms with Crippen LogP contribution in [0.4, 0.5) is 0 Å². The molecule has 1 atom stereocenters. The molecule has 1 unspecified atom stereocenters. The lowest BCUT2D eigenvalue weighted by molar-refractivity contribution is 0.383. The van der Waals surface area contributed by atoms with Crippen LogP contribution >= 0.6 is 12.4 Å². The van der Waals surface area contributed by atoms with Crippen molar-refractivity contribution in [1.82, 2.24) is 10.3 Å². The summed E-state index contributed by atoms with van der Waals surface area (Å²) in [5, 5.41) is 4.89. The van der Waals surface area contributed by atoms with Crippen LogP contribution in [0, 0.1) is 5.92 Å². The molecule has 1 aromatic carbocycles. The van der Waals surface area contributed by atoms with Gasteiger partial charge in [0.15, 0.2) is 0 Å². The van der Waals surface area contributed by atoms with Crippen molar-refractivity contribution < 1.29 is 4.74 Å². The second-order valence-corrected chi connectivity index (χ2v) is 5.70. The smallest absolute Gasteiger partial charge is 0.119 e. The number of hydrogen-bond donors (Lipinski definition) is 2. The van der Waals surface area contributed by atoms with Crippen molar-refractivity contribution in [3.63, 3.8) is 0 Å². The zero-order chi connectivity index (χ0) is 14.0. The average molecular weight is 297 g/mol. The summed E-state index contributed by atoms with van der Waals surface area (Å²) >= 11 is 0. The second-order valence-electron chi connectivity index (χ2n) is 5.70. The molecule has 1 aromatic heterocycles. The van der Waals surface area contributed by atoms with E-state index in [-0.39, 0.29) is 12.4 Å². The van der Waals surface area contributed by atoms with Gasteiger partial charge in [0.25, 0.3) is 0 Å². The second kappa shape index (κ2) is 7.00. The van der Waals surface area contributed by atoms with E-state index in [1.807, 2.05) is 6.07 Å². The Morgan fingerprint density at radius 2 is 1.85 bits per heavy atom. The van der Waals surface area contributed by atoms with Crippen molar-refractivity contribution in [2.45, 2.75) is 39.8 Å². The van der Waals surface area contributed by atoms with Gasteiger partial charge in [-0.25, -0.2) is 0 Å². The molecule has 2 N–H and O–H groups in total. The molecule has 0 amide bonds. The van der Waals surface area contributed by atoms with E-state index in [1.165, 1.54) is 10.9 Å². The van der Waals surface area contributed by atoms with E-state index in [1.54, 1.807) is 7.11 Å². The van der Waals surface area contributed by atoms with Gasteiger partial charge in [-0.1, -0.05) is 27.7 Å². The minimum atomic E-state index is 0. The monoisotopic (exact) mass is 296 g/mol. The molecule has 0 fully saturated rings. The molecule has 0 aliphatic heterocycles. The number of ether oxygens (including phenoxy) is 1. The number of fused-ring (bicyclic) bond motifs is 1. The third kappa shape index (κ3) is 3.47. The molecule has 3 nitrogen and oxygen atoms in total. The van der Waals surface area contributed by atoms with Gasteiger partial charge in [-0.3, -0.25) is 0 Å². The van der Waals surface area contributed by atoms with Crippen molar-refractivity contribution >= 4 is 23.3 Å². The van der Waals surface area contributed by atoms with Crippen LogP contribution in [0.25, 0.3) is 10.9 Å². The first-order valence-corrected chi connectivity index (χ1v) is 6.94. The first kappa shape index (κ1) is 16.9. The molecule has 0 radical (unpaired) electrons. The fourth-order valence-electron chi connectivity index (χ4n) is 2.51. The zero-order valence-corrected chi connectivity index (χ0v) is 13.7. The van der Waals surface area contributed by atoms with Crippen molar-refractivity contribution in [3.05, 3.63) is 30.0 Å². The Balaban J connectivity index is 0.00000200. The number of aromatic nitrogens is 1. The van der Waals surface area contributed by atoms with E-state index >= 15 is 0 Å². The highest BCUT2D eigenvalue weighted by atomic mass is 35.5. The van der Waals surface area contributed by atoms with Gasteiger partial charge in [-0.15, -0.1) is 12.4 Å². The molecule has 20 heavy (non-hydrogen) atoms. The Morgan fingerprint density at radius 1 is 1.15 bits per heavy atom. The van der Waals surface area contributed by atoms with E-state index in [0.29, 0.717) is 18.0 Å². The van der Waals surface area contributed by atoms with Gasteiger partial charge in [0.05, 0.1) is 7.11 Å². The maximum absolute atomic E-state index is 5.33. The summed E-state index contributed by atoms with van der Waals surface area (Å²) < 4.78 is 5.33. The summed E-state index contributed by atoms with van der Waals surface area (Å²) in [6, 6.07) is 6.98. The van der Waals surface area contributed by atoms with Gasteiger partial charge in [-0.05, 0) is 29.7 Å². The lowest BCUT2D eigenvalue weighted by atomic mass is 9.95. The number of methoxy groups -OCH3 is 1. The summed E-state index contributed by atoms with van der Waals surface area (Å²) in [5.74, 6) is 1.44. The van der Waals surface area contributed by atoms with Crippen molar-refractivity contribution in [2.75, 3.05) is 7.11 Å². The molecule has 0 saturated heterocycles. The average Bonchev–Trinajstić information content (AvgIpc) is 2.77. The van der Waals surface area contributed by atoms with Crippen molar-refractivity contribution in [3.8, 4) is 5.75 Å². The maximum atomic E-state index is 5.33. The molecule has 0 spiro atoms. The van der Waals surface area contributed by atoms with Crippen molar-refractivity contribution in [2.24, 2.45) is 5.92 Å². The van der Waals surface area contributed by atoms with Crippen molar-refractivity contribution in [1.29, 1.82) is 0 Å². The lowest BCUT2D eigenvalue weighted by Crippen LogP contribution is -2.31. The molecule has 0 aliphatic carbocycles. The van der Waals surface area contributed by atoms with Gasteiger partial charge in [0, 0.05) is 29.2 Å². The summed E-state index contributed by atoms with van der Waals surface area (Å²) in [4.78, 5) is 3.35. The van der Waals surface area contributed by atoms with Crippen LogP contribution < -0.4 is 10.1 Å². The number of H-pyrrole nitrogens is 1. The number of rotatable bonds is 5. The Bertz CT molecular complexity index is 548. The zero-order valence-electron chi connectivity index (χ0n) is 12.9. The first-order chi connectivity index (χ1) is 9.02. The summed E-state index contributed by atoms with van der Waals surface area (Å²) in [6.45, 7) is 8.87.